The molecule has 1 atom stereocenters. The molecule has 0 amide bonds. The first-order valence-electron chi connectivity index (χ1n) is 4.37. The molecule has 0 fully saturated rings. The van der Waals surface area contributed by atoms with Gasteiger partial charge < -0.3 is 5.73 Å². The van der Waals surface area contributed by atoms with E-state index in [9.17, 15) is 0 Å². The highest BCUT2D eigenvalue weighted by molar-refractivity contribution is 5.29. The quantitative estimate of drug-likeness (QED) is 0.702. The zero-order valence-corrected chi connectivity index (χ0v) is 8.46. The van der Waals surface area contributed by atoms with Crippen molar-refractivity contribution < 1.29 is 0 Å². The predicted molar refractivity (Wildman–Crippen MR) is 55.5 cm³/mol. The summed E-state index contributed by atoms with van der Waals surface area (Å²) in [6, 6.07) is 3.91. The molecule has 1 aromatic rings. The second kappa shape index (κ2) is 3.71. The summed E-state index contributed by atoms with van der Waals surface area (Å²) in [5.41, 5.74) is 10.0. The molecular formula is C11H16N2. The Bertz CT molecular complexity index is 329. The molecule has 0 radical (unpaired) electrons. The van der Waals surface area contributed by atoms with Crippen LogP contribution in [0.15, 0.2) is 24.3 Å². The lowest BCUT2D eigenvalue weighted by Gasteiger charge is -2.14. The normalized spacial score (nSPS) is 12.6. The molecule has 0 aromatic carbocycles. The van der Waals surface area contributed by atoms with Crippen LogP contribution in [0.25, 0.3) is 0 Å². The number of nitrogens with zero attached hydrogens (tertiary/aromatic N) is 1. The van der Waals surface area contributed by atoms with Gasteiger partial charge in [0.25, 0.3) is 0 Å². The first kappa shape index (κ1) is 9.93. The number of pyridine rings is 1. The van der Waals surface area contributed by atoms with Gasteiger partial charge >= 0.3 is 0 Å². The minimum absolute atomic E-state index is 0.0897. The minimum atomic E-state index is -0.0897. The van der Waals surface area contributed by atoms with Gasteiger partial charge in [-0.25, -0.2) is 0 Å². The van der Waals surface area contributed by atoms with Crippen LogP contribution in [-0.4, -0.2) is 4.98 Å². The maximum Gasteiger partial charge on any atom is 0.0523 e. The van der Waals surface area contributed by atoms with E-state index in [2.05, 4.69) is 11.6 Å². The van der Waals surface area contributed by atoms with Crippen LogP contribution in [0.1, 0.15) is 29.9 Å². The van der Waals surface area contributed by atoms with Crippen molar-refractivity contribution in [1.82, 2.24) is 4.98 Å². The molecule has 1 unspecified atom stereocenters. The summed E-state index contributed by atoms with van der Waals surface area (Å²) in [6.07, 6.45) is 0. The number of nitrogens with two attached hydrogens (primary N) is 1. The molecule has 1 heterocycles. The summed E-state index contributed by atoms with van der Waals surface area (Å²) in [4.78, 5) is 4.36. The molecule has 0 aliphatic heterocycles. The lowest BCUT2D eigenvalue weighted by molar-refractivity contribution is 0.826. The molecule has 2 nitrogen and oxygen atoms in total. The molecule has 0 aliphatic rings. The summed E-state index contributed by atoms with van der Waals surface area (Å²) >= 11 is 0. The Kier molecular flexibility index (Phi) is 2.83. The van der Waals surface area contributed by atoms with Crippen LogP contribution in [0.2, 0.25) is 0 Å². The number of rotatable bonds is 2. The van der Waals surface area contributed by atoms with Gasteiger partial charge in [-0.1, -0.05) is 18.2 Å². The van der Waals surface area contributed by atoms with E-state index in [1.54, 1.807) is 0 Å². The van der Waals surface area contributed by atoms with Crippen molar-refractivity contribution in [2.45, 2.75) is 26.8 Å². The zero-order valence-electron chi connectivity index (χ0n) is 8.46. The van der Waals surface area contributed by atoms with Gasteiger partial charge in [0, 0.05) is 11.4 Å². The zero-order chi connectivity index (χ0) is 10.0. The van der Waals surface area contributed by atoms with E-state index >= 15 is 0 Å². The lowest BCUT2D eigenvalue weighted by atomic mass is 10.0. The highest BCUT2D eigenvalue weighted by Gasteiger charge is 2.09. The monoisotopic (exact) mass is 176 g/mol. The summed E-state index contributed by atoms with van der Waals surface area (Å²) in [6.45, 7) is 9.73. The second-order valence-corrected chi connectivity index (χ2v) is 3.45. The molecule has 1 aromatic heterocycles. The Morgan fingerprint density at radius 3 is 2.54 bits per heavy atom. The third kappa shape index (κ3) is 2.16. The molecule has 0 saturated carbocycles. The van der Waals surface area contributed by atoms with Gasteiger partial charge in [0.05, 0.1) is 6.04 Å². The van der Waals surface area contributed by atoms with Crippen LogP contribution in [0.4, 0.5) is 0 Å². The van der Waals surface area contributed by atoms with Crippen molar-refractivity contribution in [1.29, 1.82) is 0 Å². The van der Waals surface area contributed by atoms with Crippen molar-refractivity contribution in [2.75, 3.05) is 0 Å². The van der Waals surface area contributed by atoms with Crippen molar-refractivity contribution in [3.63, 3.8) is 0 Å². The van der Waals surface area contributed by atoms with Crippen LogP contribution in [0.3, 0.4) is 0 Å². The van der Waals surface area contributed by atoms with Crippen molar-refractivity contribution in [3.05, 3.63) is 41.2 Å². The van der Waals surface area contributed by atoms with Crippen LogP contribution in [0, 0.1) is 13.8 Å². The molecule has 0 saturated heterocycles. The van der Waals surface area contributed by atoms with E-state index in [1.165, 1.54) is 0 Å². The predicted octanol–water partition coefficient (Wildman–Crippen LogP) is 2.27. The van der Waals surface area contributed by atoms with Crippen molar-refractivity contribution in [3.8, 4) is 0 Å². The average Bonchev–Trinajstić information content (AvgIpc) is 2.03. The lowest BCUT2D eigenvalue weighted by Crippen LogP contribution is -2.13. The van der Waals surface area contributed by atoms with E-state index in [4.69, 9.17) is 5.73 Å². The maximum absolute atomic E-state index is 5.95. The highest BCUT2D eigenvalue weighted by Crippen LogP contribution is 2.19. The fourth-order valence-electron chi connectivity index (χ4n) is 1.29. The largest absolute Gasteiger partial charge is 0.321 e. The molecule has 13 heavy (non-hydrogen) atoms. The Morgan fingerprint density at radius 1 is 1.46 bits per heavy atom. The molecule has 1 rings (SSSR count). The molecule has 2 heteroatoms. The van der Waals surface area contributed by atoms with Gasteiger partial charge in [-0.3, -0.25) is 4.98 Å². The Hall–Kier alpha value is -1.15. The van der Waals surface area contributed by atoms with Crippen molar-refractivity contribution in [2.24, 2.45) is 5.73 Å². The van der Waals surface area contributed by atoms with Gasteiger partial charge in [0.15, 0.2) is 0 Å². The topological polar surface area (TPSA) is 38.9 Å². The third-order valence-electron chi connectivity index (χ3n) is 2.13. The van der Waals surface area contributed by atoms with Gasteiger partial charge in [-0.15, -0.1) is 0 Å². The van der Waals surface area contributed by atoms with Gasteiger partial charge in [-0.2, -0.15) is 0 Å². The third-order valence-corrected chi connectivity index (χ3v) is 2.13. The molecule has 2 N–H and O–H groups in total. The van der Waals surface area contributed by atoms with Crippen LogP contribution in [0.5, 0.6) is 0 Å². The van der Waals surface area contributed by atoms with Crippen LogP contribution >= 0.6 is 0 Å². The number of aromatic nitrogens is 1. The van der Waals surface area contributed by atoms with Gasteiger partial charge in [0.2, 0.25) is 0 Å². The van der Waals surface area contributed by atoms with Gasteiger partial charge in [-0.05, 0) is 32.4 Å². The summed E-state index contributed by atoms with van der Waals surface area (Å²) < 4.78 is 0. The SMILES string of the molecule is C=C(C)C(N)c1ccc(C)nc1C. The van der Waals surface area contributed by atoms with E-state index in [-0.39, 0.29) is 6.04 Å². The molecular weight excluding hydrogens is 160 g/mol. The summed E-state index contributed by atoms with van der Waals surface area (Å²) in [5, 5.41) is 0. The van der Waals surface area contributed by atoms with E-state index in [1.807, 2.05) is 32.9 Å². The Balaban J connectivity index is 3.08. The minimum Gasteiger partial charge on any atom is -0.321 e. The molecule has 0 bridgehead atoms. The van der Waals surface area contributed by atoms with E-state index < -0.39 is 0 Å². The first-order chi connectivity index (χ1) is 6.02. The standard InChI is InChI=1S/C11H16N2/c1-7(2)11(12)10-6-5-8(3)13-9(10)4/h5-6,11H,1,12H2,2-4H3. The van der Waals surface area contributed by atoms with Crippen molar-refractivity contribution >= 4 is 0 Å². The summed E-state index contributed by atoms with van der Waals surface area (Å²) in [5.74, 6) is 0. The fourth-order valence-corrected chi connectivity index (χ4v) is 1.29. The molecule has 0 aliphatic carbocycles. The second-order valence-electron chi connectivity index (χ2n) is 3.45. The van der Waals surface area contributed by atoms with E-state index in [0.29, 0.717) is 0 Å². The van der Waals surface area contributed by atoms with Crippen LogP contribution < -0.4 is 5.73 Å². The molecule has 70 valence electrons. The highest BCUT2D eigenvalue weighted by atomic mass is 14.7. The van der Waals surface area contributed by atoms with Crippen LogP contribution in [-0.2, 0) is 0 Å². The average molecular weight is 176 g/mol. The smallest absolute Gasteiger partial charge is 0.0523 e. The molecule has 0 spiro atoms. The fraction of sp³-hybridized carbons (Fsp3) is 0.364. The first-order valence-corrected chi connectivity index (χ1v) is 4.37. The Labute approximate surface area is 79.5 Å². The number of aryl methyl sites for hydroxylation is 2. The summed E-state index contributed by atoms with van der Waals surface area (Å²) in [7, 11) is 0. The van der Waals surface area contributed by atoms with E-state index in [0.717, 1.165) is 22.5 Å². The Morgan fingerprint density at radius 2 is 2.08 bits per heavy atom. The number of hydrogen-bond acceptors (Lipinski definition) is 2. The maximum atomic E-state index is 5.95. The van der Waals surface area contributed by atoms with Gasteiger partial charge in [0.1, 0.15) is 0 Å². The number of hydrogen-bond donors (Lipinski definition) is 1.